The standard InChI is InChI=1S/C22H22ClFN2OS/c1-3-25(4-2)22(27)21-19-16-13-14(23)9-10-17(16)26(12-11-24)20(19)15-7-5-6-8-18(15)28-21/h5-10,13,21H,3-4,11-12H2,1-2H3. The van der Waals surface area contributed by atoms with Gasteiger partial charge in [0.1, 0.15) is 11.9 Å². The van der Waals surface area contributed by atoms with Crippen LogP contribution in [0.4, 0.5) is 4.39 Å². The Hall–Kier alpha value is -1.98. The number of fused-ring (bicyclic) bond motifs is 5. The number of benzene rings is 2. The number of alkyl halides is 1. The number of hydrogen-bond acceptors (Lipinski definition) is 2. The number of thioether (sulfide) groups is 1. The Morgan fingerprint density at radius 1 is 1.21 bits per heavy atom. The zero-order valence-electron chi connectivity index (χ0n) is 15.9. The maximum absolute atomic E-state index is 13.5. The van der Waals surface area contributed by atoms with Gasteiger partial charge in [-0.2, -0.15) is 0 Å². The van der Waals surface area contributed by atoms with Crippen molar-refractivity contribution in [3.63, 3.8) is 0 Å². The molecule has 146 valence electrons. The molecule has 3 aromatic rings. The fraction of sp³-hybridized carbons (Fsp3) is 0.318. The fourth-order valence-corrected chi connectivity index (χ4v) is 5.53. The summed E-state index contributed by atoms with van der Waals surface area (Å²) in [5, 5.41) is 1.18. The smallest absolute Gasteiger partial charge is 0.240 e. The molecule has 0 aliphatic carbocycles. The quantitative estimate of drug-likeness (QED) is 0.513. The fourth-order valence-electron chi connectivity index (χ4n) is 4.05. The number of likely N-dealkylation sites (N-methyl/N-ethyl adjacent to an activating group) is 1. The second-order valence-corrected chi connectivity index (χ2v) is 8.35. The summed E-state index contributed by atoms with van der Waals surface area (Å²) in [6.07, 6.45) is 0. The molecule has 28 heavy (non-hydrogen) atoms. The number of rotatable bonds is 5. The molecule has 0 N–H and O–H groups in total. The Kier molecular flexibility index (Phi) is 5.39. The lowest BCUT2D eigenvalue weighted by atomic mass is 10.0. The molecule has 0 fully saturated rings. The van der Waals surface area contributed by atoms with Gasteiger partial charge < -0.3 is 9.47 Å². The zero-order chi connectivity index (χ0) is 19.8. The predicted octanol–water partition coefficient (Wildman–Crippen LogP) is 5.95. The highest BCUT2D eigenvalue weighted by molar-refractivity contribution is 8.00. The molecule has 0 saturated carbocycles. The van der Waals surface area contributed by atoms with Gasteiger partial charge in [-0.3, -0.25) is 4.79 Å². The normalized spacial score (nSPS) is 15.4. The maximum Gasteiger partial charge on any atom is 0.240 e. The molecule has 1 unspecified atom stereocenters. The van der Waals surface area contributed by atoms with Gasteiger partial charge in [-0.05, 0) is 38.1 Å². The Balaban J connectivity index is 2.04. The van der Waals surface area contributed by atoms with Gasteiger partial charge in [-0.1, -0.05) is 29.8 Å². The monoisotopic (exact) mass is 416 g/mol. The highest BCUT2D eigenvalue weighted by Crippen LogP contribution is 2.53. The van der Waals surface area contributed by atoms with Crippen LogP contribution in [-0.2, 0) is 11.3 Å². The summed E-state index contributed by atoms with van der Waals surface area (Å²) in [4.78, 5) is 16.3. The van der Waals surface area contributed by atoms with Crippen molar-refractivity contribution in [1.82, 2.24) is 9.47 Å². The first-order chi connectivity index (χ1) is 13.6. The average molecular weight is 417 g/mol. The molecule has 0 spiro atoms. The lowest BCUT2D eigenvalue weighted by Gasteiger charge is -2.29. The van der Waals surface area contributed by atoms with E-state index >= 15 is 0 Å². The molecule has 0 bridgehead atoms. The summed E-state index contributed by atoms with van der Waals surface area (Å²) < 4.78 is 15.5. The van der Waals surface area contributed by atoms with Crippen LogP contribution >= 0.6 is 23.4 Å². The van der Waals surface area contributed by atoms with Gasteiger partial charge in [0.05, 0.1) is 12.2 Å². The number of hydrogen-bond donors (Lipinski definition) is 0. The van der Waals surface area contributed by atoms with Crippen molar-refractivity contribution >= 4 is 40.2 Å². The minimum atomic E-state index is -0.469. The highest BCUT2D eigenvalue weighted by atomic mass is 35.5. The molecule has 1 aliphatic rings. The minimum Gasteiger partial charge on any atom is -0.342 e. The Bertz CT molecular complexity index is 1040. The maximum atomic E-state index is 13.5. The number of nitrogens with zero attached hydrogens (tertiary/aromatic N) is 2. The van der Waals surface area contributed by atoms with E-state index in [4.69, 9.17) is 11.6 Å². The molecule has 2 aromatic carbocycles. The molecule has 6 heteroatoms. The molecule has 2 heterocycles. The third-order valence-corrected chi connectivity index (χ3v) is 6.84. The molecule has 1 amide bonds. The van der Waals surface area contributed by atoms with Crippen molar-refractivity contribution < 1.29 is 9.18 Å². The van der Waals surface area contributed by atoms with Crippen LogP contribution in [0.15, 0.2) is 47.4 Å². The number of aryl methyl sites for hydroxylation is 1. The second kappa shape index (κ2) is 7.80. The molecular formula is C22H22ClFN2OS. The summed E-state index contributed by atoms with van der Waals surface area (Å²) in [6, 6.07) is 13.7. The van der Waals surface area contributed by atoms with Gasteiger partial charge in [0, 0.05) is 45.0 Å². The summed E-state index contributed by atoms with van der Waals surface area (Å²) in [5.41, 5.74) is 3.86. The van der Waals surface area contributed by atoms with E-state index in [0.29, 0.717) is 18.1 Å². The van der Waals surface area contributed by atoms with E-state index in [0.717, 1.165) is 32.6 Å². The van der Waals surface area contributed by atoms with E-state index in [1.54, 1.807) is 11.8 Å². The van der Waals surface area contributed by atoms with E-state index in [1.165, 1.54) is 0 Å². The van der Waals surface area contributed by atoms with Crippen LogP contribution in [0.25, 0.3) is 22.2 Å². The van der Waals surface area contributed by atoms with Crippen molar-refractivity contribution in [3.05, 3.63) is 53.1 Å². The van der Waals surface area contributed by atoms with E-state index in [-0.39, 0.29) is 17.7 Å². The van der Waals surface area contributed by atoms with Crippen molar-refractivity contribution in [2.45, 2.75) is 30.5 Å². The molecular weight excluding hydrogens is 395 g/mol. The van der Waals surface area contributed by atoms with Gasteiger partial charge in [-0.15, -0.1) is 11.8 Å². The van der Waals surface area contributed by atoms with Crippen LogP contribution in [0.5, 0.6) is 0 Å². The molecule has 4 rings (SSSR count). The first kappa shape index (κ1) is 19.3. The largest absolute Gasteiger partial charge is 0.342 e. The summed E-state index contributed by atoms with van der Waals surface area (Å²) in [5.74, 6) is 0.0880. The van der Waals surface area contributed by atoms with E-state index in [1.807, 2.05) is 59.7 Å². The van der Waals surface area contributed by atoms with Crippen LogP contribution < -0.4 is 0 Å². The predicted molar refractivity (Wildman–Crippen MR) is 115 cm³/mol. The topological polar surface area (TPSA) is 25.2 Å². The van der Waals surface area contributed by atoms with Gasteiger partial charge in [0.15, 0.2) is 0 Å². The number of carbonyl (C=O) groups excluding carboxylic acids is 1. The molecule has 1 aromatic heterocycles. The zero-order valence-corrected chi connectivity index (χ0v) is 17.5. The van der Waals surface area contributed by atoms with Crippen LogP contribution in [0.3, 0.4) is 0 Å². The molecule has 3 nitrogen and oxygen atoms in total. The van der Waals surface area contributed by atoms with Crippen molar-refractivity contribution in [2.24, 2.45) is 0 Å². The highest BCUT2D eigenvalue weighted by Gasteiger charge is 2.37. The van der Waals surface area contributed by atoms with Gasteiger partial charge in [-0.25, -0.2) is 4.39 Å². The van der Waals surface area contributed by atoms with E-state index in [9.17, 15) is 9.18 Å². The summed E-state index contributed by atoms with van der Waals surface area (Å²) in [6.45, 7) is 5.09. The SMILES string of the molecule is CCN(CC)C(=O)C1Sc2ccccc2-c2c1c1cc(Cl)ccc1n2CCF. The van der Waals surface area contributed by atoms with Crippen LogP contribution in [0.2, 0.25) is 5.02 Å². The van der Waals surface area contributed by atoms with Gasteiger partial charge >= 0.3 is 0 Å². The Morgan fingerprint density at radius 3 is 2.68 bits per heavy atom. The van der Waals surface area contributed by atoms with Crippen LogP contribution in [0.1, 0.15) is 24.7 Å². The van der Waals surface area contributed by atoms with Gasteiger partial charge in [0.2, 0.25) is 5.91 Å². The summed E-state index contributed by atoms with van der Waals surface area (Å²) >= 11 is 7.88. The minimum absolute atomic E-state index is 0.0880. The Morgan fingerprint density at radius 2 is 1.96 bits per heavy atom. The molecule has 1 aliphatic heterocycles. The van der Waals surface area contributed by atoms with Gasteiger partial charge in [0.25, 0.3) is 0 Å². The van der Waals surface area contributed by atoms with Crippen molar-refractivity contribution in [3.8, 4) is 11.3 Å². The molecule has 0 radical (unpaired) electrons. The second-order valence-electron chi connectivity index (χ2n) is 6.77. The first-order valence-corrected chi connectivity index (χ1v) is 10.8. The molecule has 1 atom stereocenters. The average Bonchev–Trinajstić information content (AvgIpc) is 3.02. The Labute approximate surface area is 173 Å². The van der Waals surface area contributed by atoms with E-state index < -0.39 is 6.67 Å². The van der Waals surface area contributed by atoms with Crippen molar-refractivity contribution in [2.75, 3.05) is 19.8 Å². The number of amides is 1. The lowest BCUT2D eigenvalue weighted by molar-refractivity contribution is -0.130. The van der Waals surface area contributed by atoms with Crippen LogP contribution in [0, 0.1) is 0 Å². The third-order valence-electron chi connectivity index (χ3n) is 5.32. The number of carbonyl (C=O) groups is 1. The third kappa shape index (κ3) is 3.01. The van der Waals surface area contributed by atoms with Crippen LogP contribution in [-0.4, -0.2) is 35.1 Å². The van der Waals surface area contributed by atoms with Crippen molar-refractivity contribution in [1.29, 1.82) is 0 Å². The lowest BCUT2D eigenvalue weighted by Crippen LogP contribution is -2.34. The molecule has 0 saturated heterocycles. The number of aromatic nitrogens is 1. The summed E-state index contributed by atoms with van der Waals surface area (Å²) in [7, 11) is 0. The number of halogens is 2. The first-order valence-electron chi connectivity index (χ1n) is 9.53. The van der Waals surface area contributed by atoms with E-state index in [2.05, 4.69) is 6.07 Å².